The van der Waals surface area contributed by atoms with Crippen molar-refractivity contribution in [2.45, 2.75) is 25.0 Å². The summed E-state index contributed by atoms with van der Waals surface area (Å²) >= 11 is 1.32. The van der Waals surface area contributed by atoms with Crippen molar-refractivity contribution in [1.82, 2.24) is 20.1 Å². The van der Waals surface area contributed by atoms with Crippen LogP contribution in [0.1, 0.15) is 18.2 Å². The molecule has 3 aromatic rings. The summed E-state index contributed by atoms with van der Waals surface area (Å²) in [5.74, 6) is 1.75. The van der Waals surface area contributed by atoms with Crippen molar-refractivity contribution < 1.29 is 9.21 Å². The van der Waals surface area contributed by atoms with Crippen LogP contribution >= 0.6 is 11.8 Å². The molecule has 0 radical (unpaired) electrons. The average Bonchev–Trinajstić information content (AvgIpc) is 3.31. The highest BCUT2D eigenvalue weighted by molar-refractivity contribution is 7.99. The van der Waals surface area contributed by atoms with Gasteiger partial charge in [-0.25, -0.2) is 4.98 Å². The fourth-order valence-electron chi connectivity index (χ4n) is 2.30. The minimum atomic E-state index is 0.0000451. The molecule has 1 amide bonds. The molecule has 0 saturated heterocycles. The zero-order valence-corrected chi connectivity index (χ0v) is 15.0. The molecule has 0 unspecified atom stereocenters. The van der Waals surface area contributed by atoms with Gasteiger partial charge in [-0.3, -0.25) is 9.89 Å². The molecular formula is C18H20N4O2S. The summed E-state index contributed by atoms with van der Waals surface area (Å²) in [5.41, 5.74) is 2.26. The molecule has 1 aromatic carbocycles. The largest absolute Gasteiger partial charge is 0.467 e. The third-order valence-corrected chi connectivity index (χ3v) is 4.66. The van der Waals surface area contributed by atoms with Crippen molar-refractivity contribution in [2.24, 2.45) is 0 Å². The van der Waals surface area contributed by atoms with E-state index in [0.29, 0.717) is 17.5 Å². The van der Waals surface area contributed by atoms with Crippen LogP contribution in [0, 0.1) is 0 Å². The maximum absolute atomic E-state index is 12.2. The van der Waals surface area contributed by atoms with Crippen LogP contribution < -0.4 is 0 Å². The number of rotatable bonds is 7. The van der Waals surface area contributed by atoms with Gasteiger partial charge in [-0.2, -0.15) is 0 Å². The number of aromatic nitrogens is 3. The highest BCUT2D eigenvalue weighted by Gasteiger charge is 2.13. The zero-order valence-electron chi connectivity index (χ0n) is 14.2. The van der Waals surface area contributed by atoms with Crippen LogP contribution in [-0.4, -0.2) is 38.8 Å². The normalized spacial score (nSPS) is 10.8. The van der Waals surface area contributed by atoms with Crippen molar-refractivity contribution in [3.8, 4) is 11.4 Å². The molecule has 0 atom stereocenters. The average molecular weight is 356 g/mol. The number of nitrogens with zero attached hydrogens (tertiary/aromatic N) is 3. The predicted octanol–water partition coefficient (Wildman–Crippen LogP) is 3.38. The summed E-state index contributed by atoms with van der Waals surface area (Å²) in [6.45, 7) is 2.58. The Bertz CT molecular complexity index is 812. The third kappa shape index (κ3) is 4.51. The van der Waals surface area contributed by atoms with Gasteiger partial charge in [-0.05, 0) is 24.1 Å². The van der Waals surface area contributed by atoms with E-state index in [2.05, 4.69) is 34.2 Å². The van der Waals surface area contributed by atoms with Gasteiger partial charge in [0.1, 0.15) is 5.76 Å². The summed E-state index contributed by atoms with van der Waals surface area (Å²) in [6, 6.07) is 11.9. The molecule has 0 aliphatic carbocycles. The molecule has 3 rings (SSSR count). The number of nitrogens with one attached hydrogen (secondary N) is 1. The number of carbonyl (C=O) groups is 1. The fraction of sp³-hybridized carbons (Fsp3) is 0.278. The van der Waals surface area contributed by atoms with Gasteiger partial charge in [0.15, 0.2) is 5.82 Å². The first kappa shape index (κ1) is 17.3. The minimum Gasteiger partial charge on any atom is -0.467 e. The summed E-state index contributed by atoms with van der Waals surface area (Å²) in [6.07, 6.45) is 2.61. The number of benzene rings is 1. The molecule has 2 heterocycles. The number of aryl methyl sites for hydroxylation is 1. The number of H-pyrrole nitrogens is 1. The van der Waals surface area contributed by atoms with Crippen LogP contribution in [0.5, 0.6) is 0 Å². The van der Waals surface area contributed by atoms with Gasteiger partial charge in [0.05, 0.1) is 18.6 Å². The van der Waals surface area contributed by atoms with E-state index < -0.39 is 0 Å². The summed E-state index contributed by atoms with van der Waals surface area (Å²) in [7, 11) is 1.75. The van der Waals surface area contributed by atoms with Crippen molar-refractivity contribution in [2.75, 3.05) is 12.8 Å². The second-order valence-corrected chi connectivity index (χ2v) is 6.58. The SMILES string of the molecule is CCc1ccc(-c2nc(SCC(=O)N(C)Cc3ccco3)n[nH]2)cc1. The number of hydrogen-bond acceptors (Lipinski definition) is 5. The lowest BCUT2D eigenvalue weighted by molar-refractivity contribution is -0.127. The highest BCUT2D eigenvalue weighted by Crippen LogP contribution is 2.20. The maximum atomic E-state index is 12.2. The standard InChI is InChI=1S/C18H20N4O2S/c1-3-13-6-8-14(9-7-13)17-19-18(21-20-17)25-12-16(23)22(2)11-15-5-4-10-24-15/h4-10H,3,11-12H2,1-2H3,(H,19,20,21). The lowest BCUT2D eigenvalue weighted by Gasteiger charge is -2.14. The molecule has 0 saturated carbocycles. The number of amides is 1. The third-order valence-electron chi connectivity index (χ3n) is 3.82. The Kier molecular flexibility index (Phi) is 5.55. The molecule has 130 valence electrons. The molecule has 6 nitrogen and oxygen atoms in total. The van der Waals surface area contributed by atoms with Crippen LogP contribution in [0.4, 0.5) is 0 Å². The molecule has 0 aliphatic heterocycles. The van der Waals surface area contributed by atoms with Crippen LogP contribution in [0.15, 0.2) is 52.2 Å². The van der Waals surface area contributed by atoms with Gasteiger partial charge in [0.2, 0.25) is 11.1 Å². The van der Waals surface area contributed by atoms with Crippen LogP contribution in [0.2, 0.25) is 0 Å². The first-order chi connectivity index (χ1) is 12.2. The zero-order chi connectivity index (χ0) is 17.6. The molecule has 25 heavy (non-hydrogen) atoms. The monoisotopic (exact) mass is 356 g/mol. The molecule has 0 fully saturated rings. The summed E-state index contributed by atoms with van der Waals surface area (Å²) in [5, 5.41) is 7.67. The van der Waals surface area contributed by atoms with E-state index in [4.69, 9.17) is 4.42 Å². The van der Waals surface area contributed by atoms with Crippen LogP contribution in [0.25, 0.3) is 11.4 Å². The Morgan fingerprint density at radius 2 is 2.08 bits per heavy atom. The Labute approximate surface area is 150 Å². The van der Waals surface area contributed by atoms with E-state index in [1.54, 1.807) is 18.2 Å². The van der Waals surface area contributed by atoms with Gasteiger partial charge in [0, 0.05) is 12.6 Å². The smallest absolute Gasteiger partial charge is 0.233 e. The topological polar surface area (TPSA) is 75.0 Å². The minimum absolute atomic E-state index is 0.0000451. The maximum Gasteiger partial charge on any atom is 0.233 e. The quantitative estimate of drug-likeness (QED) is 0.657. The Hall–Kier alpha value is -2.54. The van der Waals surface area contributed by atoms with E-state index in [-0.39, 0.29) is 11.7 Å². The summed E-state index contributed by atoms with van der Waals surface area (Å²) in [4.78, 5) is 18.3. The lowest BCUT2D eigenvalue weighted by Crippen LogP contribution is -2.27. The van der Waals surface area contributed by atoms with Crippen LogP contribution in [0.3, 0.4) is 0 Å². The number of carbonyl (C=O) groups excluding carboxylic acids is 1. The number of thioether (sulfide) groups is 1. The van der Waals surface area contributed by atoms with Gasteiger partial charge in [-0.15, -0.1) is 5.10 Å². The Morgan fingerprint density at radius 3 is 2.76 bits per heavy atom. The van der Waals surface area contributed by atoms with E-state index in [1.807, 2.05) is 24.3 Å². The van der Waals surface area contributed by atoms with Gasteiger partial charge in [0.25, 0.3) is 0 Å². The first-order valence-corrected chi connectivity index (χ1v) is 9.05. The fourth-order valence-corrected chi connectivity index (χ4v) is 3.04. The molecule has 0 aliphatic rings. The second-order valence-electron chi connectivity index (χ2n) is 5.63. The predicted molar refractivity (Wildman–Crippen MR) is 97.1 cm³/mol. The lowest BCUT2D eigenvalue weighted by atomic mass is 10.1. The van der Waals surface area contributed by atoms with Gasteiger partial charge >= 0.3 is 0 Å². The van der Waals surface area contributed by atoms with Crippen molar-refractivity contribution in [3.63, 3.8) is 0 Å². The van der Waals surface area contributed by atoms with E-state index in [9.17, 15) is 4.79 Å². The van der Waals surface area contributed by atoms with Gasteiger partial charge in [-0.1, -0.05) is 43.0 Å². The van der Waals surface area contributed by atoms with Crippen LogP contribution in [-0.2, 0) is 17.8 Å². The van der Waals surface area contributed by atoms with Crippen molar-refractivity contribution in [3.05, 3.63) is 54.0 Å². The van der Waals surface area contributed by atoms with E-state index in [0.717, 1.165) is 17.7 Å². The highest BCUT2D eigenvalue weighted by atomic mass is 32.2. The number of aromatic amines is 1. The molecule has 2 aromatic heterocycles. The van der Waals surface area contributed by atoms with Crippen molar-refractivity contribution in [1.29, 1.82) is 0 Å². The molecular weight excluding hydrogens is 336 g/mol. The number of hydrogen-bond donors (Lipinski definition) is 1. The summed E-state index contributed by atoms with van der Waals surface area (Å²) < 4.78 is 5.26. The second kappa shape index (κ2) is 8.02. The first-order valence-electron chi connectivity index (χ1n) is 8.06. The van der Waals surface area contributed by atoms with Gasteiger partial charge < -0.3 is 9.32 Å². The molecule has 7 heteroatoms. The Balaban J connectivity index is 1.55. The molecule has 0 spiro atoms. The molecule has 1 N–H and O–H groups in total. The molecule has 0 bridgehead atoms. The van der Waals surface area contributed by atoms with Crippen molar-refractivity contribution >= 4 is 17.7 Å². The number of furan rings is 1. The van der Waals surface area contributed by atoms with E-state index >= 15 is 0 Å². The Morgan fingerprint density at radius 1 is 1.28 bits per heavy atom. The van der Waals surface area contributed by atoms with E-state index in [1.165, 1.54) is 17.3 Å².